The number of anilines is 1. The topological polar surface area (TPSA) is 89.9 Å². The lowest BCUT2D eigenvalue weighted by Crippen LogP contribution is -2.46. The van der Waals surface area contributed by atoms with Gasteiger partial charge in [0.05, 0.1) is 23.3 Å². The van der Waals surface area contributed by atoms with Gasteiger partial charge in [-0.2, -0.15) is 0 Å². The summed E-state index contributed by atoms with van der Waals surface area (Å²) in [4.78, 5) is 45.8. The van der Waals surface area contributed by atoms with Crippen LogP contribution >= 0.6 is 23.2 Å². The van der Waals surface area contributed by atoms with Crippen molar-refractivity contribution < 1.29 is 19.5 Å². The summed E-state index contributed by atoms with van der Waals surface area (Å²) in [5.74, 6) is -2.57. The standard InChI is InChI=1S/C33H32Cl2N2O4/c1-33(2,3)22-8-4-20(5-9-22)32-31-26(16-21(17-28(31)38)19-6-10-23(34)11-7-19)36-25-18-24(35)12-13-27(25)37(32)29(39)14-15-30(40)41/h4-13,18,21,31-32H,14-17H2,1-3H3,(H,40,41)/p-1/t21-,31-,32+/m0/s1. The number of hydrogen-bond acceptors (Lipinski definition) is 5. The van der Waals surface area contributed by atoms with E-state index in [2.05, 4.69) is 20.8 Å². The fraction of sp³-hybridized carbons (Fsp3) is 0.333. The molecule has 2 aliphatic rings. The average Bonchev–Trinajstić information content (AvgIpc) is 3.06. The first kappa shape index (κ1) is 29.0. The van der Waals surface area contributed by atoms with Gasteiger partial charge in [0.2, 0.25) is 5.91 Å². The Labute approximate surface area is 250 Å². The van der Waals surface area contributed by atoms with Gasteiger partial charge >= 0.3 is 0 Å². The maximum atomic E-state index is 14.1. The van der Waals surface area contributed by atoms with Crippen molar-refractivity contribution in [3.8, 4) is 0 Å². The molecule has 0 bridgehead atoms. The van der Waals surface area contributed by atoms with Crippen molar-refractivity contribution in [2.75, 3.05) is 4.90 Å². The van der Waals surface area contributed by atoms with Crippen LogP contribution in [-0.2, 0) is 19.8 Å². The molecule has 0 aromatic heterocycles. The second-order valence-electron chi connectivity index (χ2n) is 11.8. The van der Waals surface area contributed by atoms with Crippen LogP contribution in [0.4, 0.5) is 11.4 Å². The minimum Gasteiger partial charge on any atom is -0.550 e. The Kier molecular flexibility index (Phi) is 8.09. The quantitative estimate of drug-likeness (QED) is 0.329. The second kappa shape index (κ2) is 11.4. The molecule has 3 aromatic rings. The summed E-state index contributed by atoms with van der Waals surface area (Å²) >= 11 is 12.5. The van der Waals surface area contributed by atoms with Crippen molar-refractivity contribution in [2.45, 2.75) is 63.8 Å². The van der Waals surface area contributed by atoms with E-state index in [1.807, 2.05) is 48.5 Å². The van der Waals surface area contributed by atoms with E-state index in [9.17, 15) is 19.5 Å². The van der Waals surface area contributed by atoms with Crippen molar-refractivity contribution in [1.29, 1.82) is 0 Å². The molecule has 0 unspecified atom stereocenters. The van der Waals surface area contributed by atoms with Crippen LogP contribution in [0.25, 0.3) is 0 Å². The van der Waals surface area contributed by atoms with Crippen LogP contribution in [0.1, 0.15) is 75.1 Å². The minimum absolute atomic E-state index is 0.0311. The number of carbonyl (C=O) groups excluding carboxylic acids is 3. The van der Waals surface area contributed by atoms with Gasteiger partial charge in [-0.05, 0) is 71.2 Å². The first-order valence-electron chi connectivity index (χ1n) is 13.7. The van der Waals surface area contributed by atoms with Gasteiger partial charge in [0.1, 0.15) is 5.78 Å². The number of hydrogen-bond donors (Lipinski definition) is 0. The van der Waals surface area contributed by atoms with Crippen LogP contribution in [0.2, 0.25) is 10.0 Å². The summed E-state index contributed by atoms with van der Waals surface area (Å²) in [6, 6.07) is 19.8. The van der Waals surface area contributed by atoms with Crippen LogP contribution in [0.15, 0.2) is 71.7 Å². The monoisotopic (exact) mass is 589 g/mol. The van der Waals surface area contributed by atoms with Crippen molar-refractivity contribution in [1.82, 2.24) is 0 Å². The van der Waals surface area contributed by atoms with Crippen LogP contribution < -0.4 is 10.0 Å². The summed E-state index contributed by atoms with van der Waals surface area (Å²) in [6.45, 7) is 6.36. The molecule has 1 aliphatic carbocycles. The Morgan fingerprint density at radius 1 is 0.902 bits per heavy atom. The number of fused-ring (bicyclic) bond motifs is 2. The zero-order valence-corrected chi connectivity index (χ0v) is 24.7. The summed E-state index contributed by atoms with van der Waals surface area (Å²) in [5.41, 5.74) is 4.42. The molecule has 5 rings (SSSR count). The van der Waals surface area contributed by atoms with E-state index in [4.69, 9.17) is 28.2 Å². The smallest absolute Gasteiger partial charge is 0.228 e. The molecule has 41 heavy (non-hydrogen) atoms. The van der Waals surface area contributed by atoms with Gasteiger partial charge in [0.25, 0.3) is 0 Å². The highest BCUT2D eigenvalue weighted by Gasteiger charge is 2.46. The second-order valence-corrected chi connectivity index (χ2v) is 12.7. The van der Waals surface area contributed by atoms with Crippen LogP contribution in [-0.4, -0.2) is 23.4 Å². The SMILES string of the molecule is CC(C)(C)c1ccc([C@@H]2[C@@H]3C(=O)C[C@@H](c4ccc(Cl)cc4)CC3=Nc3cc(Cl)ccc3N2C(=O)CCC(=O)[O-])cc1. The van der Waals surface area contributed by atoms with E-state index in [0.29, 0.717) is 33.6 Å². The number of rotatable bonds is 5. The van der Waals surface area contributed by atoms with Gasteiger partial charge in [-0.3, -0.25) is 14.6 Å². The van der Waals surface area contributed by atoms with Gasteiger partial charge in [0.15, 0.2) is 0 Å². The summed E-state index contributed by atoms with van der Waals surface area (Å²) < 4.78 is 0. The lowest BCUT2D eigenvalue weighted by Gasteiger charge is -2.39. The third-order valence-corrected chi connectivity index (χ3v) is 8.42. The molecule has 8 heteroatoms. The Balaban J connectivity index is 1.67. The molecular formula is C33H31Cl2N2O4-. The molecular weight excluding hydrogens is 559 g/mol. The Hall–Kier alpha value is -3.48. The fourth-order valence-electron chi connectivity index (χ4n) is 5.84. The number of halogens is 2. The van der Waals surface area contributed by atoms with E-state index in [-0.39, 0.29) is 30.0 Å². The van der Waals surface area contributed by atoms with Gasteiger partial charge in [0, 0.05) is 34.6 Å². The molecule has 0 saturated heterocycles. The summed E-state index contributed by atoms with van der Waals surface area (Å²) in [5, 5.41) is 12.4. The molecule has 3 aromatic carbocycles. The molecule has 3 atom stereocenters. The van der Waals surface area contributed by atoms with Gasteiger partial charge in [-0.15, -0.1) is 0 Å². The average molecular weight is 591 g/mol. The van der Waals surface area contributed by atoms with Crippen molar-refractivity contribution in [3.05, 3.63) is 93.5 Å². The van der Waals surface area contributed by atoms with Crippen molar-refractivity contribution in [3.63, 3.8) is 0 Å². The number of carboxylic acids is 1. The summed E-state index contributed by atoms with van der Waals surface area (Å²) in [6.07, 6.45) is 0.0885. The van der Waals surface area contributed by atoms with E-state index in [1.165, 1.54) is 0 Å². The highest BCUT2D eigenvalue weighted by atomic mass is 35.5. The lowest BCUT2D eigenvalue weighted by atomic mass is 9.71. The predicted molar refractivity (Wildman–Crippen MR) is 160 cm³/mol. The maximum Gasteiger partial charge on any atom is 0.228 e. The Morgan fingerprint density at radius 3 is 2.17 bits per heavy atom. The van der Waals surface area contributed by atoms with Gasteiger partial charge in [-0.1, -0.05) is 80.4 Å². The van der Waals surface area contributed by atoms with E-state index >= 15 is 0 Å². The predicted octanol–water partition coefficient (Wildman–Crippen LogP) is 6.74. The number of carboxylic acid groups (broad SMARTS) is 1. The molecule has 1 fully saturated rings. The molecule has 212 valence electrons. The first-order valence-corrected chi connectivity index (χ1v) is 14.5. The highest BCUT2D eigenvalue weighted by Crippen LogP contribution is 2.48. The van der Waals surface area contributed by atoms with Crippen LogP contribution in [0.5, 0.6) is 0 Å². The normalized spacial score (nSPS) is 20.5. The van der Waals surface area contributed by atoms with Crippen molar-refractivity contribution in [2.24, 2.45) is 10.9 Å². The van der Waals surface area contributed by atoms with Crippen LogP contribution in [0.3, 0.4) is 0 Å². The van der Waals surface area contributed by atoms with Crippen molar-refractivity contribution >= 4 is 57.9 Å². The van der Waals surface area contributed by atoms with Gasteiger partial charge < -0.3 is 14.8 Å². The highest BCUT2D eigenvalue weighted by molar-refractivity contribution is 6.31. The third-order valence-electron chi connectivity index (χ3n) is 7.94. The number of ketones is 1. The molecule has 1 heterocycles. The molecule has 1 saturated carbocycles. The number of amides is 1. The Bertz CT molecular complexity index is 1520. The minimum atomic E-state index is -1.31. The number of nitrogens with zero attached hydrogens (tertiary/aromatic N) is 2. The zero-order valence-electron chi connectivity index (χ0n) is 23.2. The van der Waals surface area contributed by atoms with Gasteiger partial charge in [-0.25, -0.2) is 0 Å². The van der Waals surface area contributed by atoms with E-state index < -0.39 is 30.3 Å². The van der Waals surface area contributed by atoms with E-state index in [1.54, 1.807) is 23.1 Å². The number of aliphatic imine (C=N–C) groups is 1. The number of Topliss-reactive ketones (excluding diaryl/α,β-unsaturated/α-hetero) is 1. The molecule has 0 radical (unpaired) electrons. The maximum absolute atomic E-state index is 14.1. The fourth-order valence-corrected chi connectivity index (χ4v) is 6.13. The Morgan fingerprint density at radius 2 is 1.54 bits per heavy atom. The lowest BCUT2D eigenvalue weighted by molar-refractivity contribution is -0.305. The molecule has 0 N–H and O–H groups in total. The van der Waals surface area contributed by atoms with E-state index in [0.717, 1.165) is 16.7 Å². The molecule has 1 amide bonds. The zero-order chi connectivity index (χ0) is 29.5. The number of benzene rings is 3. The number of aliphatic carboxylic acids is 1. The third kappa shape index (κ3) is 6.09. The molecule has 0 spiro atoms. The van der Waals surface area contributed by atoms with Crippen LogP contribution in [0, 0.1) is 5.92 Å². The largest absolute Gasteiger partial charge is 0.550 e. The first-order chi connectivity index (χ1) is 19.4. The molecule has 6 nitrogen and oxygen atoms in total. The number of carbonyl (C=O) groups is 3. The summed E-state index contributed by atoms with van der Waals surface area (Å²) in [7, 11) is 0. The molecule has 1 aliphatic heterocycles.